The maximum absolute atomic E-state index is 13.1. The van der Waals surface area contributed by atoms with Gasteiger partial charge in [0, 0.05) is 31.2 Å². The lowest BCUT2D eigenvalue weighted by molar-refractivity contribution is -0.130. The van der Waals surface area contributed by atoms with Gasteiger partial charge in [-0.15, -0.1) is 0 Å². The first-order valence-electron chi connectivity index (χ1n) is 10.2. The zero-order chi connectivity index (χ0) is 21.9. The zero-order valence-corrected chi connectivity index (χ0v) is 19.3. The fourth-order valence-electron chi connectivity index (χ4n) is 3.59. The lowest BCUT2D eigenvalue weighted by atomic mass is 9.87. The van der Waals surface area contributed by atoms with E-state index in [4.69, 9.17) is 11.6 Å². The van der Waals surface area contributed by atoms with Gasteiger partial charge in [0.15, 0.2) is 0 Å². The van der Waals surface area contributed by atoms with Crippen LogP contribution >= 0.6 is 11.6 Å². The molecule has 2 aromatic carbocycles. The number of benzene rings is 2. The molecule has 0 aliphatic carbocycles. The molecule has 1 fully saturated rings. The molecule has 5 nitrogen and oxygen atoms in total. The molecule has 0 unspecified atom stereocenters. The number of sulfonamides is 1. The van der Waals surface area contributed by atoms with Crippen LogP contribution in [0, 0.1) is 0 Å². The minimum absolute atomic E-state index is 0.00829. The van der Waals surface area contributed by atoms with Gasteiger partial charge in [0.05, 0.1) is 11.3 Å². The van der Waals surface area contributed by atoms with E-state index in [1.807, 2.05) is 24.3 Å². The van der Waals surface area contributed by atoms with Crippen LogP contribution < -0.4 is 0 Å². The van der Waals surface area contributed by atoms with Crippen molar-refractivity contribution in [3.05, 3.63) is 64.7 Å². The largest absolute Gasteiger partial charge is 0.341 e. The second-order valence-corrected chi connectivity index (χ2v) is 11.1. The standard InChI is InChI=1S/C23H29ClN2O3S/c1-23(2,3)19-8-10-21(11-9-19)30(28,29)26-13-5-12-25(14-15-26)22(27)17-18-6-4-7-20(24)16-18/h4,6-11,16H,5,12-15,17H2,1-3H3. The van der Waals surface area contributed by atoms with E-state index in [0.29, 0.717) is 42.5 Å². The molecule has 0 radical (unpaired) electrons. The molecule has 30 heavy (non-hydrogen) atoms. The Morgan fingerprint density at radius 3 is 2.33 bits per heavy atom. The highest BCUT2D eigenvalue weighted by molar-refractivity contribution is 7.89. The smallest absolute Gasteiger partial charge is 0.243 e. The molecule has 0 N–H and O–H groups in total. The van der Waals surface area contributed by atoms with Crippen molar-refractivity contribution >= 4 is 27.5 Å². The number of halogens is 1. The summed E-state index contributed by atoms with van der Waals surface area (Å²) in [6.07, 6.45) is 0.877. The summed E-state index contributed by atoms with van der Waals surface area (Å²) in [6, 6.07) is 14.4. The molecule has 0 atom stereocenters. The topological polar surface area (TPSA) is 57.7 Å². The van der Waals surface area contributed by atoms with Crippen LogP contribution in [-0.4, -0.2) is 49.7 Å². The maximum Gasteiger partial charge on any atom is 0.243 e. The third-order valence-corrected chi connectivity index (χ3v) is 7.56. The van der Waals surface area contributed by atoms with Gasteiger partial charge in [-0.05, 0) is 47.2 Å². The lowest BCUT2D eigenvalue weighted by Crippen LogP contribution is -2.38. The molecule has 3 rings (SSSR count). The van der Waals surface area contributed by atoms with Crippen LogP contribution in [0.25, 0.3) is 0 Å². The highest BCUT2D eigenvalue weighted by Gasteiger charge is 2.28. The quantitative estimate of drug-likeness (QED) is 0.707. The molecule has 1 heterocycles. The van der Waals surface area contributed by atoms with E-state index < -0.39 is 10.0 Å². The SMILES string of the molecule is CC(C)(C)c1ccc(S(=O)(=O)N2CCCN(C(=O)Cc3cccc(Cl)c3)CC2)cc1. The maximum atomic E-state index is 13.1. The number of carbonyl (C=O) groups is 1. The monoisotopic (exact) mass is 448 g/mol. The molecular formula is C23H29ClN2O3S. The molecule has 1 amide bonds. The molecule has 0 spiro atoms. The Morgan fingerprint density at radius 2 is 1.70 bits per heavy atom. The van der Waals surface area contributed by atoms with Crippen LogP contribution in [0.1, 0.15) is 38.3 Å². The predicted molar refractivity (Wildman–Crippen MR) is 120 cm³/mol. The van der Waals surface area contributed by atoms with Gasteiger partial charge in [-0.1, -0.05) is 56.6 Å². The van der Waals surface area contributed by atoms with Crippen LogP contribution in [0.4, 0.5) is 0 Å². The second kappa shape index (κ2) is 9.08. The van der Waals surface area contributed by atoms with Gasteiger partial charge < -0.3 is 4.90 Å². The van der Waals surface area contributed by atoms with E-state index in [1.54, 1.807) is 29.2 Å². The van der Waals surface area contributed by atoms with E-state index in [-0.39, 0.29) is 17.7 Å². The minimum Gasteiger partial charge on any atom is -0.341 e. The first-order chi connectivity index (χ1) is 14.1. The third-order valence-electron chi connectivity index (χ3n) is 5.41. The Balaban J connectivity index is 1.67. The third kappa shape index (κ3) is 5.42. The molecule has 162 valence electrons. The molecule has 1 aliphatic rings. The number of rotatable bonds is 4. The van der Waals surface area contributed by atoms with Crippen molar-refractivity contribution in [2.45, 2.75) is 43.9 Å². The van der Waals surface area contributed by atoms with E-state index in [9.17, 15) is 13.2 Å². The van der Waals surface area contributed by atoms with Gasteiger partial charge in [-0.3, -0.25) is 4.79 Å². The average molecular weight is 449 g/mol. The Bertz CT molecular complexity index is 998. The molecular weight excluding hydrogens is 420 g/mol. The van der Waals surface area contributed by atoms with E-state index in [1.165, 1.54) is 4.31 Å². The first kappa shape index (κ1) is 22.8. The summed E-state index contributed by atoms with van der Waals surface area (Å²) in [5.41, 5.74) is 1.92. The second-order valence-electron chi connectivity index (χ2n) is 8.72. The van der Waals surface area contributed by atoms with Gasteiger partial charge in [-0.25, -0.2) is 8.42 Å². The molecule has 0 saturated carbocycles. The summed E-state index contributed by atoms with van der Waals surface area (Å²) in [5, 5.41) is 0.603. The van der Waals surface area contributed by atoms with Crippen LogP contribution in [0.3, 0.4) is 0 Å². The number of amides is 1. The normalized spacial score (nSPS) is 16.3. The van der Waals surface area contributed by atoms with Crippen molar-refractivity contribution in [2.24, 2.45) is 0 Å². The highest BCUT2D eigenvalue weighted by Crippen LogP contribution is 2.25. The molecule has 7 heteroatoms. The van der Waals surface area contributed by atoms with Crippen molar-refractivity contribution in [3.63, 3.8) is 0 Å². The number of hydrogen-bond acceptors (Lipinski definition) is 3. The van der Waals surface area contributed by atoms with Crippen molar-refractivity contribution in [2.75, 3.05) is 26.2 Å². The van der Waals surface area contributed by atoms with Crippen molar-refractivity contribution < 1.29 is 13.2 Å². The van der Waals surface area contributed by atoms with Crippen LogP contribution in [0.2, 0.25) is 5.02 Å². The van der Waals surface area contributed by atoms with Gasteiger partial charge in [0.1, 0.15) is 0 Å². The zero-order valence-electron chi connectivity index (χ0n) is 17.8. The molecule has 0 bridgehead atoms. The molecule has 1 aliphatic heterocycles. The summed E-state index contributed by atoms with van der Waals surface area (Å²) >= 11 is 6.00. The van der Waals surface area contributed by atoms with E-state index in [2.05, 4.69) is 20.8 Å². The molecule has 1 saturated heterocycles. The lowest BCUT2D eigenvalue weighted by Gasteiger charge is -2.23. The predicted octanol–water partition coefficient (Wildman–Crippen LogP) is 4.10. The average Bonchev–Trinajstić information content (AvgIpc) is 2.94. The van der Waals surface area contributed by atoms with E-state index in [0.717, 1.165) is 11.1 Å². The fraction of sp³-hybridized carbons (Fsp3) is 0.435. The van der Waals surface area contributed by atoms with Crippen LogP contribution in [-0.2, 0) is 26.7 Å². The van der Waals surface area contributed by atoms with Crippen LogP contribution in [0.15, 0.2) is 53.4 Å². The summed E-state index contributed by atoms with van der Waals surface area (Å²) in [7, 11) is -3.58. The van der Waals surface area contributed by atoms with Gasteiger partial charge in [-0.2, -0.15) is 4.31 Å². The molecule has 0 aromatic heterocycles. The summed E-state index contributed by atoms with van der Waals surface area (Å²) in [4.78, 5) is 14.8. The number of hydrogen-bond donors (Lipinski definition) is 0. The summed E-state index contributed by atoms with van der Waals surface area (Å²) < 4.78 is 27.7. The van der Waals surface area contributed by atoms with E-state index >= 15 is 0 Å². The van der Waals surface area contributed by atoms with Crippen LogP contribution in [0.5, 0.6) is 0 Å². The first-order valence-corrected chi connectivity index (χ1v) is 12.0. The van der Waals surface area contributed by atoms with Crippen molar-refractivity contribution in [1.82, 2.24) is 9.21 Å². The highest BCUT2D eigenvalue weighted by atomic mass is 35.5. The summed E-state index contributed by atoms with van der Waals surface area (Å²) in [5.74, 6) is -0.00829. The number of nitrogens with zero attached hydrogens (tertiary/aromatic N) is 2. The molecule has 2 aromatic rings. The minimum atomic E-state index is -3.58. The van der Waals surface area contributed by atoms with Gasteiger partial charge in [0.2, 0.25) is 15.9 Å². The Labute approximate surface area is 184 Å². The Kier molecular flexibility index (Phi) is 6.90. The van der Waals surface area contributed by atoms with Gasteiger partial charge >= 0.3 is 0 Å². The Morgan fingerprint density at radius 1 is 1.00 bits per heavy atom. The Hall–Kier alpha value is -1.89. The van der Waals surface area contributed by atoms with Crippen molar-refractivity contribution in [3.8, 4) is 0 Å². The number of carbonyl (C=O) groups excluding carboxylic acids is 1. The van der Waals surface area contributed by atoms with Crippen molar-refractivity contribution in [1.29, 1.82) is 0 Å². The fourth-order valence-corrected chi connectivity index (χ4v) is 5.28. The summed E-state index contributed by atoms with van der Waals surface area (Å²) in [6.45, 7) is 7.93. The van der Waals surface area contributed by atoms with Gasteiger partial charge in [0.25, 0.3) is 0 Å².